The molecule has 0 aromatic carbocycles. The van der Waals surface area contributed by atoms with Crippen LogP contribution in [0.15, 0.2) is 12.3 Å². The molecule has 5 heterocycles. The van der Waals surface area contributed by atoms with E-state index in [2.05, 4.69) is 36.8 Å². The van der Waals surface area contributed by atoms with Crippen molar-refractivity contribution in [1.29, 1.82) is 0 Å². The van der Waals surface area contributed by atoms with Crippen molar-refractivity contribution in [3.05, 3.63) is 29.3 Å². The number of nitrogens with one attached hydrogen (secondary N) is 1. The number of carbonyl (C=O) groups is 1. The maximum Gasteiger partial charge on any atom is 0.409 e. The molecule has 1 saturated carbocycles. The van der Waals surface area contributed by atoms with Gasteiger partial charge in [-0.1, -0.05) is 0 Å². The van der Waals surface area contributed by atoms with Crippen molar-refractivity contribution < 1.29 is 14.3 Å². The number of pyridine rings is 1. The van der Waals surface area contributed by atoms with Gasteiger partial charge in [-0.15, -0.1) is 0 Å². The van der Waals surface area contributed by atoms with E-state index in [1.807, 2.05) is 18.0 Å². The standard InChI is InChI=1S/C27H37N5O3/c1-17-13-20-21(28-15-17)22-23(31(4)24(30-22)19-7-10-29-26(2,3)14-19)27(35-20)8-11-32(12-9-27)25(33)34-16-18-5-6-18/h13,15,18-19,29H,5-12,14,16H2,1-4H3/t19-/m1/s1. The van der Waals surface area contributed by atoms with Gasteiger partial charge in [-0.2, -0.15) is 0 Å². The second-order valence-corrected chi connectivity index (χ2v) is 11.7. The molecule has 0 unspecified atom stereocenters. The largest absolute Gasteiger partial charge is 0.478 e. The SMILES string of the molecule is Cc1cnc2c(c1)OC1(CCN(C(=O)OCC3CC3)CC1)c1c-2nc([C@@H]2CCNC(C)(C)C2)n1C. The molecule has 2 aromatic rings. The Morgan fingerprint density at radius 2 is 2.00 bits per heavy atom. The van der Waals surface area contributed by atoms with E-state index in [-0.39, 0.29) is 11.6 Å². The molecule has 1 spiro atoms. The van der Waals surface area contributed by atoms with Crippen molar-refractivity contribution in [2.24, 2.45) is 13.0 Å². The van der Waals surface area contributed by atoms with Crippen LogP contribution in [0.3, 0.4) is 0 Å². The highest BCUT2D eigenvalue weighted by Gasteiger charge is 2.49. The highest BCUT2D eigenvalue weighted by atomic mass is 16.6. The van der Waals surface area contributed by atoms with E-state index in [4.69, 9.17) is 19.4 Å². The van der Waals surface area contributed by atoms with Crippen LogP contribution in [0.5, 0.6) is 5.75 Å². The number of rotatable bonds is 3. The zero-order valence-corrected chi connectivity index (χ0v) is 21.4. The minimum atomic E-state index is -0.520. The lowest BCUT2D eigenvalue weighted by Crippen LogP contribution is -2.50. The van der Waals surface area contributed by atoms with Crippen molar-refractivity contribution >= 4 is 6.09 Å². The normalized spacial score (nSPS) is 24.5. The number of aromatic nitrogens is 3. The van der Waals surface area contributed by atoms with Crippen LogP contribution in [0.4, 0.5) is 4.79 Å². The molecular formula is C27H37N5O3. The second-order valence-electron chi connectivity index (χ2n) is 11.7. The summed E-state index contributed by atoms with van der Waals surface area (Å²) in [6.45, 7) is 9.34. The van der Waals surface area contributed by atoms with E-state index < -0.39 is 5.60 Å². The van der Waals surface area contributed by atoms with Crippen LogP contribution in [0.1, 0.15) is 75.4 Å². The monoisotopic (exact) mass is 479 g/mol. The van der Waals surface area contributed by atoms with Gasteiger partial charge in [0.1, 0.15) is 23.0 Å². The molecule has 2 saturated heterocycles. The molecule has 4 aliphatic rings. The quantitative estimate of drug-likeness (QED) is 0.708. The first-order valence-electron chi connectivity index (χ1n) is 13.1. The van der Waals surface area contributed by atoms with Gasteiger partial charge < -0.3 is 24.3 Å². The first-order valence-corrected chi connectivity index (χ1v) is 13.1. The van der Waals surface area contributed by atoms with E-state index in [1.54, 1.807) is 0 Å². The van der Waals surface area contributed by atoms with Crippen molar-refractivity contribution in [3.63, 3.8) is 0 Å². The number of carbonyl (C=O) groups excluding carboxylic acids is 1. The van der Waals surface area contributed by atoms with Gasteiger partial charge in [0.25, 0.3) is 0 Å². The lowest BCUT2D eigenvalue weighted by Gasteiger charge is -2.44. The molecule has 3 aliphatic heterocycles. The maximum atomic E-state index is 12.7. The highest BCUT2D eigenvalue weighted by Crippen LogP contribution is 2.50. The van der Waals surface area contributed by atoms with Gasteiger partial charge in [0, 0.05) is 50.6 Å². The van der Waals surface area contributed by atoms with Crippen LogP contribution >= 0.6 is 0 Å². The Kier molecular flexibility index (Phi) is 5.36. The van der Waals surface area contributed by atoms with Crippen molar-refractivity contribution in [2.45, 2.75) is 76.4 Å². The van der Waals surface area contributed by atoms with Crippen molar-refractivity contribution in [2.75, 3.05) is 26.2 Å². The number of hydrogen-bond acceptors (Lipinski definition) is 6. The second kappa shape index (κ2) is 8.22. The van der Waals surface area contributed by atoms with Gasteiger partial charge in [-0.05, 0) is 70.5 Å². The Bertz CT molecular complexity index is 1140. The number of amides is 1. The van der Waals surface area contributed by atoms with Crippen LogP contribution in [0, 0.1) is 12.8 Å². The predicted octanol–water partition coefficient (Wildman–Crippen LogP) is 4.27. The summed E-state index contributed by atoms with van der Waals surface area (Å²) in [6.07, 6.45) is 7.59. The third-order valence-corrected chi connectivity index (χ3v) is 8.27. The fourth-order valence-corrected chi connectivity index (χ4v) is 6.17. The molecule has 1 atom stereocenters. The minimum absolute atomic E-state index is 0.0863. The smallest absolute Gasteiger partial charge is 0.409 e. The fraction of sp³-hybridized carbons (Fsp3) is 0.667. The molecule has 2 aromatic heterocycles. The predicted molar refractivity (Wildman–Crippen MR) is 132 cm³/mol. The summed E-state index contributed by atoms with van der Waals surface area (Å²) in [6, 6.07) is 2.07. The zero-order chi connectivity index (χ0) is 24.4. The van der Waals surface area contributed by atoms with Crippen LogP contribution in [-0.2, 0) is 17.4 Å². The first-order chi connectivity index (χ1) is 16.7. The number of imidazole rings is 1. The molecule has 1 amide bonds. The van der Waals surface area contributed by atoms with Gasteiger partial charge in [-0.25, -0.2) is 9.78 Å². The molecule has 8 heteroatoms. The fourth-order valence-electron chi connectivity index (χ4n) is 6.17. The Morgan fingerprint density at radius 1 is 1.23 bits per heavy atom. The number of aryl methyl sites for hydroxylation is 1. The Balaban J connectivity index is 1.34. The Morgan fingerprint density at radius 3 is 2.71 bits per heavy atom. The topological polar surface area (TPSA) is 81.5 Å². The van der Waals surface area contributed by atoms with E-state index in [9.17, 15) is 4.79 Å². The van der Waals surface area contributed by atoms with E-state index in [0.29, 0.717) is 44.4 Å². The third-order valence-electron chi connectivity index (χ3n) is 8.27. The number of hydrogen-bond donors (Lipinski definition) is 1. The molecule has 0 radical (unpaired) electrons. The summed E-state index contributed by atoms with van der Waals surface area (Å²) >= 11 is 0. The summed E-state index contributed by atoms with van der Waals surface area (Å²) in [4.78, 5) is 24.5. The third kappa shape index (κ3) is 4.09. The lowest BCUT2D eigenvalue weighted by atomic mass is 9.83. The number of ether oxygens (including phenoxy) is 2. The van der Waals surface area contributed by atoms with Gasteiger partial charge in [0.2, 0.25) is 0 Å². The van der Waals surface area contributed by atoms with E-state index in [0.717, 1.165) is 53.6 Å². The Labute approximate surface area is 207 Å². The van der Waals surface area contributed by atoms with Gasteiger partial charge in [0.15, 0.2) is 5.60 Å². The van der Waals surface area contributed by atoms with Crippen molar-refractivity contribution in [1.82, 2.24) is 24.8 Å². The van der Waals surface area contributed by atoms with Gasteiger partial charge in [-0.3, -0.25) is 4.98 Å². The van der Waals surface area contributed by atoms with Crippen LogP contribution in [-0.4, -0.2) is 57.3 Å². The van der Waals surface area contributed by atoms with Gasteiger partial charge >= 0.3 is 6.09 Å². The summed E-state index contributed by atoms with van der Waals surface area (Å²) in [7, 11) is 2.14. The van der Waals surface area contributed by atoms with Gasteiger partial charge in [0.05, 0.1) is 12.3 Å². The summed E-state index contributed by atoms with van der Waals surface area (Å²) in [5.41, 5.74) is 3.53. The van der Waals surface area contributed by atoms with Crippen LogP contribution in [0.25, 0.3) is 11.4 Å². The molecule has 1 N–H and O–H groups in total. The number of fused-ring (bicyclic) bond motifs is 4. The molecular weight excluding hydrogens is 442 g/mol. The number of likely N-dealkylation sites (tertiary alicyclic amines) is 1. The minimum Gasteiger partial charge on any atom is -0.478 e. The number of nitrogens with zero attached hydrogens (tertiary/aromatic N) is 4. The average Bonchev–Trinajstić information content (AvgIpc) is 3.58. The average molecular weight is 480 g/mol. The first kappa shape index (κ1) is 22.8. The van der Waals surface area contributed by atoms with E-state index >= 15 is 0 Å². The molecule has 6 rings (SSSR count). The summed E-state index contributed by atoms with van der Waals surface area (Å²) in [5, 5.41) is 3.63. The lowest BCUT2D eigenvalue weighted by molar-refractivity contribution is -0.0115. The molecule has 1 aliphatic carbocycles. The van der Waals surface area contributed by atoms with Crippen LogP contribution < -0.4 is 10.1 Å². The van der Waals surface area contributed by atoms with Crippen molar-refractivity contribution in [3.8, 4) is 17.1 Å². The van der Waals surface area contributed by atoms with E-state index in [1.165, 1.54) is 12.8 Å². The molecule has 3 fully saturated rings. The molecule has 8 nitrogen and oxygen atoms in total. The highest BCUT2D eigenvalue weighted by molar-refractivity contribution is 5.71. The summed E-state index contributed by atoms with van der Waals surface area (Å²) < 4.78 is 14.7. The molecule has 188 valence electrons. The molecule has 35 heavy (non-hydrogen) atoms. The Hall–Kier alpha value is -2.61. The zero-order valence-electron chi connectivity index (χ0n) is 21.4. The number of piperidine rings is 2. The maximum absolute atomic E-state index is 12.7. The summed E-state index contributed by atoms with van der Waals surface area (Å²) in [5.74, 6) is 2.87. The molecule has 0 bridgehead atoms. The van der Waals surface area contributed by atoms with Crippen LogP contribution in [0.2, 0.25) is 0 Å².